The Labute approximate surface area is 113 Å². The van der Waals surface area contributed by atoms with E-state index in [0.717, 1.165) is 31.4 Å². The van der Waals surface area contributed by atoms with Crippen molar-refractivity contribution in [1.29, 1.82) is 0 Å². The van der Waals surface area contributed by atoms with Gasteiger partial charge in [0, 0.05) is 25.2 Å². The summed E-state index contributed by atoms with van der Waals surface area (Å²) in [6.07, 6.45) is 2.57. The Morgan fingerprint density at radius 2 is 1.89 bits per heavy atom. The maximum atomic E-state index is 10.6. The quantitative estimate of drug-likeness (QED) is 0.779. The minimum atomic E-state index is 0.520. The fraction of sp³-hybridized carbons (Fsp3) is 0.235. The molecule has 0 N–H and O–H groups in total. The average molecular weight is 251 g/mol. The highest BCUT2D eigenvalue weighted by atomic mass is 16.1. The van der Waals surface area contributed by atoms with Crippen molar-refractivity contribution < 1.29 is 4.79 Å². The van der Waals surface area contributed by atoms with Gasteiger partial charge < -0.3 is 9.69 Å². The van der Waals surface area contributed by atoms with Crippen molar-refractivity contribution in [3.05, 3.63) is 65.2 Å². The lowest BCUT2D eigenvalue weighted by Gasteiger charge is -2.19. The van der Waals surface area contributed by atoms with Crippen molar-refractivity contribution in [2.45, 2.75) is 19.4 Å². The molecule has 0 radical (unpaired) electrons. The number of anilines is 1. The summed E-state index contributed by atoms with van der Waals surface area (Å²) in [4.78, 5) is 13.0. The van der Waals surface area contributed by atoms with Gasteiger partial charge in [-0.3, -0.25) is 0 Å². The summed E-state index contributed by atoms with van der Waals surface area (Å²) >= 11 is 0. The van der Waals surface area contributed by atoms with Gasteiger partial charge in [0.1, 0.15) is 6.29 Å². The Hall–Kier alpha value is -2.09. The standard InChI is InChI=1S/C17H17NO/c19-11-9-14-6-7-17-16(12-14)8-10-18(17)13-15-4-2-1-3-5-15/h1-7,11-12H,8-10,13H2. The summed E-state index contributed by atoms with van der Waals surface area (Å²) in [5.41, 5.74) is 5.15. The van der Waals surface area contributed by atoms with Gasteiger partial charge in [-0.1, -0.05) is 42.5 Å². The van der Waals surface area contributed by atoms with E-state index in [1.54, 1.807) is 0 Å². The van der Waals surface area contributed by atoms with Crippen LogP contribution in [0.1, 0.15) is 16.7 Å². The number of hydrogen-bond donors (Lipinski definition) is 0. The third-order valence-electron chi connectivity index (χ3n) is 3.67. The molecule has 1 heterocycles. The molecule has 1 aliphatic rings. The molecule has 2 aromatic carbocycles. The van der Waals surface area contributed by atoms with Crippen molar-refractivity contribution in [2.24, 2.45) is 0 Å². The average Bonchev–Trinajstić information content (AvgIpc) is 2.83. The first-order chi connectivity index (χ1) is 9.36. The fourth-order valence-corrected chi connectivity index (χ4v) is 2.71. The summed E-state index contributed by atoms with van der Waals surface area (Å²) in [5.74, 6) is 0. The number of rotatable bonds is 4. The normalized spacial score (nSPS) is 13.4. The molecule has 0 saturated heterocycles. The van der Waals surface area contributed by atoms with Gasteiger partial charge in [0.25, 0.3) is 0 Å². The maximum absolute atomic E-state index is 10.6. The minimum Gasteiger partial charge on any atom is -0.367 e. The van der Waals surface area contributed by atoms with Crippen molar-refractivity contribution in [3.63, 3.8) is 0 Å². The van der Waals surface area contributed by atoms with Crippen LogP contribution in [-0.2, 0) is 24.2 Å². The minimum absolute atomic E-state index is 0.520. The molecule has 2 heteroatoms. The highest BCUT2D eigenvalue weighted by molar-refractivity contribution is 5.62. The molecular weight excluding hydrogens is 234 g/mol. The van der Waals surface area contributed by atoms with Gasteiger partial charge in [-0.2, -0.15) is 0 Å². The first kappa shape index (κ1) is 12.0. The number of carbonyl (C=O) groups excluding carboxylic acids is 1. The van der Waals surface area contributed by atoms with Gasteiger partial charge in [-0.25, -0.2) is 0 Å². The van der Waals surface area contributed by atoms with Crippen LogP contribution in [0.2, 0.25) is 0 Å². The second-order valence-corrected chi connectivity index (χ2v) is 4.99. The van der Waals surface area contributed by atoms with Gasteiger partial charge in [-0.15, -0.1) is 0 Å². The van der Waals surface area contributed by atoms with E-state index < -0.39 is 0 Å². The lowest BCUT2D eigenvalue weighted by Crippen LogP contribution is -2.19. The van der Waals surface area contributed by atoms with Gasteiger partial charge in [0.15, 0.2) is 0 Å². The highest BCUT2D eigenvalue weighted by Crippen LogP contribution is 2.30. The van der Waals surface area contributed by atoms with Crippen LogP contribution < -0.4 is 4.90 Å². The Morgan fingerprint density at radius 3 is 2.68 bits per heavy atom. The van der Waals surface area contributed by atoms with Gasteiger partial charge >= 0.3 is 0 Å². The van der Waals surface area contributed by atoms with Crippen LogP contribution in [0.4, 0.5) is 5.69 Å². The van der Waals surface area contributed by atoms with Crippen LogP contribution in [0.25, 0.3) is 0 Å². The number of carbonyl (C=O) groups is 1. The lowest BCUT2D eigenvalue weighted by molar-refractivity contribution is -0.107. The van der Waals surface area contributed by atoms with Crippen LogP contribution in [0.5, 0.6) is 0 Å². The number of benzene rings is 2. The van der Waals surface area contributed by atoms with Crippen LogP contribution in [0.3, 0.4) is 0 Å². The summed E-state index contributed by atoms with van der Waals surface area (Å²) in [6.45, 7) is 2.02. The summed E-state index contributed by atoms with van der Waals surface area (Å²) in [6, 6.07) is 16.9. The SMILES string of the molecule is O=CCc1ccc2c(c1)CCN2Cc1ccccc1. The Morgan fingerprint density at radius 1 is 1.05 bits per heavy atom. The molecule has 0 aromatic heterocycles. The molecule has 0 fully saturated rings. The van der Waals surface area contributed by atoms with Gasteiger partial charge in [-0.05, 0) is 29.2 Å². The monoisotopic (exact) mass is 251 g/mol. The predicted molar refractivity (Wildman–Crippen MR) is 77.4 cm³/mol. The van der Waals surface area contributed by atoms with Crippen molar-refractivity contribution >= 4 is 12.0 Å². The molecular formula is C17H17NO. The molecule has 0 bridgehead atoms. The molecule has 3 rings (SSSR count). The van der Waals surface area contributed by atoms with Crippen LogP contribution in [0.15, 0.2) is 48.5 Å². The molecule has 0 spiro atoms. The first-order valence-corrected chi connectivity index (χ1v) is 6.71. The molecule has 96 valence electrons. The number of nitrogens with zero attached hydrogens (tertiary/aromatic N) is 1. The molecule has 19 heavy (non-hydrogen) atoms. The summed E-state index contributed by atoms with van der Waals surface area (Å²) < 4.78 is 0. The molecule has 0 amide bonds. The Kier molecular flexibility index (Phi) is 3.32. The van der Waals surface area contributed by atoms with Crippen molar-refractivity contribution in [3.8, 4) is 0 Å². The molecule has 2 nitrogen and oxygen atoms in total. The molecule has 2 aromatic rings. The zero-order chi connectivity index (χ0) is 13.1. The van der Waals surface area contributed by atoms with E-state index in [1.807, 2.05) is 6.07 Å². The third-order valence-corrected chi connectivity index (χ3v) is 3.67. The Bertz CT molecular complexity index is 577. The first-order valence-electron chi connectivity index (χ1n) is 6.71. The van der Waals surface area contributed by atoms with Crippen LogP contribution in [0, 0.1) is 0 Å². The maximum Gasteiger partial charge on any atom is 0.124 e. The molecule has 1 aliphatic heterocycles. The van der Waals surface area contributed by atoms with Crippen LogP contribution >= 0.6 is 0 Å². The van der Waals surface area contributed by atoms with Gasteiger partial charge in [0.2, 0.25) is 0 Å². The van der Waals surface area contributed by atoms with E-state index in [9.17, 15) is 4.79 Å². The molecule has 0 unspecified atom stereocenters. The zero-order valence-corrected chi connectivity index (χ0v) is 10.9. The Balaban J connectivity index is 1.80. The molecule has 0 saturated carbocycles. The third kappa shape index (κ3) is 2.53. The second kappa shape index (κ2) is 5.27. The predicted octanol–water partition coefficient (Wildman–Crippen LogP) is 2.99. The number of aldehydes is 1. The summed E-state index contributed by atoms with van der Waals surface area (Å²) in [7, 11) is 0. The summed E-state index contributed by atoms with van der Waals surface area (Å²) in [5, 5.41) is 0. The van der Waals surface area contributed by atoms with Crippen LogP contribution in [-0.4, -0.2) is 12.8 Å². The molecule has 0 atom stereocenters. The molecule has 0 aliphatic carbocycles. The largest absolute Gasteiger partial charge is 0.367 e. The fourth-order valence-electron chi connectivity index (χ4n) is 2.71. The van der Waals surface area contributed by atoms with Gasteiger partial charge in [0.05, 0.1) is 0 Å². The highest BCUT2D eigenvalue weighted by Gasteiger charge is 2.19. The topological polar surface area (TPSA) is 20.3 Å². The second-order valence-electron chi connectivity index (χ2n) is 4.99. The van der Waals surface area contributed by atoms with E-state index in [4.69, 9.17) is 0 Å². The lowest BCUT2D eigenvalue weighted by atomic mass is 10.1. The number of fused-ring (bicyclic) bond motifs is 1. The van der Waals surface area contributed by atoms with E-state index in [2.05, 4.69) is 47.4 Å². The smallest absolute Gasteiger partial charge is 0.124 e. The zero-order valence-electron chi connectivity index (χ0n) is 10.9. The van der Waals surface area contributed by atoms with Crippen molar-refractivity contribution in [2.75, 3.05) is 11.4 Å². The van der Waals surface area contributed by atoms with E-state index >= 15 is 0 Å². The number of hydrogen-bond acceptors (Lipinski definition) is 2. The van der Waals surface area contributed by atoms with E-state index in [-0.39, 0.29) is 0 Å². The van der Waals surface area contributed by atoms with Crippen molar-refractivity contribution in [1.82, 2.24) is 0 Å². The van der Waals surface area contributed by atoms with E-state index in [1.165, 1.54) is 16.8 Å². The van der Waals surface area contributed by atoms with E-state index in [0.29, 0.717) is 6.42 Å².